The quantitative estimate of drug-likeness (QED) is 0.212. The summed E-state index contributed by atoms with van der Waals surface area (Å²) in [5.74, 6) is 0.274. The van der Waals surface area contributed by atoms with E-state index in [-0.39, 0.29) is 5.56 Å². The van der Waals surface area contributed by atoms with Gasteiger partial charge < -0.3 is 9.47 Å². The molecule has 0 spiro atoms. The standard InChI is InChI=1S/C30H25IN2O4S/c1-3-24-26(29(35)36-2)27(21-7-5-4-6-8-21)33-28(34)25(38-30(33)32-24)17-19-11-15-23(16-12-19)37-18-20-9-13-22(31)14-10-20/h4-17,27H,3,18H2,1-2H3/b25-17-/t27-/m1/s1. The Morgan fingerprint density at radius 1 is 1.05 bits per heavy atom. The molecule has 0 fully saturated rings. The second kappa shape index (κ2) is 11.5. The van der Waals surface area contributed by atoms with Gasteiger partial charge in [0.2, 0.25) is 0 Å². The fourth-order valence-electron chi connectivity index (χ4n) is 4.37. The van der Waals surface area contributed by atoms with Gasteiger partial charge in [0.05, 0.1) is 29.0 Å². The van der Waals surface area contributed by atoms with Gasteiger partial charge in [0.15, 0.2) is 4.80 Å². The Balaban J connectivity index is 1.50. The molecule has 0 saturated heterocycles. The van der Waals surface area contributed by atoms with Crippen LogP contribution in [0.25, 0.3) is 6.08 Å². The fourth-order valence-corrected chi connectivity index (χ4v) is 5.75. The first kappa shape index (κ1) is 26.1. The number of methoxy groups -OCH3 is 1. The molecule has 8 heteroatoms. The van der Waals surface area contributed by atoms with Gasteiger partial charge in [0, 0.05) is 3.57 Å². The van der Waals surface area contributed by atoms with Crippen molar-refractivity contribution in [2.24, 2.45) is 4.99 Å². The number of rotatable bonds is 7. The van der Waals surface area contributed by atoms with Gasteiger partial charge in [-0.05, 0) is 76.0 Å². The number of benzene rings is 3. The zero-order valence-electron chi connectivity index (χ0n) is 20.9. The highest BCUT2D eigenvalue weighted by atomic mass is 127. The van der Waals surface area contributed by atoms with E-state index >= 15 is 0 Å². The van der Waals surface area contributed by atoms with Crippen molar-refractivity contribution < 1.29 is 14.3 Å². The number of aromatic nitrogens is 1. The molecule has 0 N–H and O–H groups in total. The third-order valence-corrected chi connectivity index (χ3v) is 7.96. The average molecular weight is 637 g/mol. The molecule has 0 saturated carbocycles. The van der Waals surface area contributed by atoms with Crippen molar-refractivity contribution in [2.45, 2.75) is 26.0 Å². The van der Waals surface area contributed by atoms with Crippen LogP contribution in [0.5, 0.6) is 5.75 Å². The molecule has 4 aromatic rings. The predicted molar refractivity (Wildman–Crippen MR) is 157 cm³/mol. The van der Waals surface area contributed by atoms with Crippen molar-refractivity contribution in [1.29, 1.82) is 0 Å². The van der Waals surface area contributed by atoms with Gasteiger partial charge in [-0.3, -0.25) is 9.36 Å². The Morgan fingerprint density at radius 3 is 2.42 bits per heavy atom. The number of carbonyl (C=O) groups excluding carboxylic acids is 1. The summed E-state index contributed by atoms with van der Waals surface area (Å²) in [4.78, 5) is 31.8. The van der Waals surface area contributed by atoms with E-state index in [1.54, 1.807) is 4.57 Å². The number of hydrogen-bond acceptors (Lipinski definition) is 6. The second-order valence-corrected chi connectivity index (χ2v) is 10.9. The van der Waals surface area contributed by atoms with Crippen molar-refractivity contribution in [2.75, 3.05) is 7.11 Å². The molecule has 0 bridgehead atoms. The largest absolute Gasteiger partial charge is 0.489 e. The molecular weight excluding hydrogens is 611 g/mol. The van der Waals surface area contributed by atoms with Crippen LogP contribution < -0.4 is 19.6 Å². The molecule has 0 radical (unpaired) electrons. The van der Waals surface area contributed by atoms with Crippen LogP contribution in [0.15, 0.2) is 99.9 Å². The number of allylic oxidation sites excluding steroid dienone is 1. The summed E-state index contributed by atoms with van der Waals surface area (Å²) < 4.78 is 14.4. The molecule has 1 aliphatic rings. The topological polar surface area (TPSA) is 69.9 Å². The van der Waals surface area contributed by atoms with E-state index in [1.807, 2.05) is 79.7 Å². The first-order valence-electron chi connectivity index (χ1n) is 12.1. The van der Waals surface area contributed by atoms with Gasteiger partial charge in [0.1, 0.15) is 12.4 Å². The predicted octanol–water partition coefficient (Wildman–Crippen LogP) is 4.98. The van der Waals surface area contributed by atoms with Crippen molar-refractivity contribution in [3.63, 3.8) is 0 Å². The first-order valence-corrected chi connectivity index (χ1v) is 14.0. The van der Waals surface area contributed by atoms with Gasteiger partial charge in [-0.15, -0.1) is 0 Å². The van der Waals surface area contributed by atoms with Crippen LogP contribution in [0.4, 0.5) is 0 Å². The summed E-state index contributed by atoms with van der Waals surface area (Å²) in [5.41, 5.74) is 3.63. The van der Waals surface area contributed by atoms with E-state index in [2.05, 4.69) is 34.7 Å². The second-order valence-electron chi connectivity index (χ2n) is 8.68. The molecular formula is C30H25IN2O4S. The van der Waals surface area contributed by atoms with Crippen LogP contribution in [0.2, 0.25) is 0 Å². The maximum atomic E-state index is 13.7. The molecule has 2 heterocycles. The molecule has 1 aromatic heterocycles. The van der Waals surface area contributed by atoms with Crippen molar-refractivity contribution in [1.82, 2.24) is 4.57 Å². The minimum absolute atomic E-state index is 0.196. The smallest absolute Gasteiger partial charge is 0.338 e. The van der Waals surface area contributed by atoms with Crippen molar-refractivity contribution in [3.8, 4) is 5.75 Å². The monoisotopic (exact) mass is 636 g/mol. The summed E-state index contributed by atoms with van der Waals surface area (Å²) in [6.07, 6.45) is 2.39. The molecule has 3 aromatic carbocycles. The van der Waals surface area contributed by atoms with Crippen LogP contribution in [0, 0.1) is 3.57 Å². The molecule has 0 amide bonds. The number of thiazole rings is 1. The molecule has 192 valence electrons. The van der Waals surface area contributed by atoms with Gasteiger partial charge in [-0.25, -0.2) is 9.79 Å². The normalized spacial score (nSPS) is 15.1. The third kappa shape index (κ3) is 5.37. The van der Waals surface area contributed by atoms with Gasteiger partial charge in [0.25, 0.3) is 5.56 Å². The van der Waals surface area contributed by atoms with E-state index in [4.69, 9.17) is 14.5 Å². The minimum atomic E-state index is -0.603. The van der Waals surface area contributed by atoms with E-state index in [0.29, 0.717) is 33.6 Å². The van der Waals surface area contributed by atoms with Crippen LogP contribution in [-0.4, -0.2) is 17.6 Å². The number of halogens is 1. The molecule has 38 heavy (non-hydrogen) atoms. The lowest BCUT2D eigenvalue weighted by Gasteiger charge is -2.25. The summed E-state index contributed by atoms with van der Waals surface area (Å²) in [5, 5.41) is 0. The Morgan fingerprint density at radius 2 is 1.76 bits per heavy atom. The van der Waals surface area contributed by atoms with Crippen molar-refractivity contribution >= 4 is 46.0 Å². The highest BCUT2D eigenvalue weighted by molar-refractivity contribution is 14.1. The van der Waals surface area contributed by atoms with E-state index < -0.39 is 12.0 Å². The van der Waals surface area contributed by atoms with Crippen LogP contribution in [-0.2, 0) is 16.1 Å². The summed E-state index contributed by atoms with van der Waals surface area (Å²) in [7, 11) is 1.35. The van der Waals surface area contributed by atoms with Crippen LogP contribution in [0.1, 0.15) is 36.1 Å². The molecule has 1 atom stereocenters. The van der Waals surface area contributed by atoms with Crippen LogP contribution in [0.3, 0.4) is 0 Å². The van der Waals surface area contributed by atoms with Gasteiger partial charge in [-0.2, -0.15) is 0 Å². The maximum absolute atomic E-state index is 13.7. The Bertz CT molecular complexity index is 1670. The highest BCUT2D eigenvalue weighted by Crippen LogP contribution is 2.31. The summed E-state index contributed by atoms with van der Waals surface area (Å²) >= 11 is 3.60. The van der Waals surface area contributed by atoms with Gasteiger partial charge >= 0.3 is 5.97 Å². The number of esters is 1. The lowest BCUT2D eigenvalue weighted by atomic mass is 9.95. The lowest BCUT2D eigenvalue weighted by Crippen LogP contribution is -2.40. The Labute approximate surface area is 237 Å². The zero-order chi connectivity index (χ0) is 26.6. The number of ether oxygens (including phenoxy) is 2. The van der Waals surface area contributed by atoms with E-state index in [1.165, 1.54) is 22.0 Å². The first-order chi connectivity index (χ1) is 18.5. The molecule has 0 aliphatic carbocycles. The Hall–Kier alpha value is -3.50. The lowest BCUT2D eigenvalue weighted by molar-refractivity contribution is -0.136. The highest BCUT2D eigenvalue weighted by Gasteiger charge is 2.33. The zero-order valence-corrected chi connectivity index (χ0v) is 23.9. The number of hydrogen-bond donors (Lipinski definition) is 0. The van der Waals surface area contributed by atoms with Gasteiger partial charge in [-0.1, -0.05) is 72.9 Å². The number of carbonyl (C=O) groups is 1. The summed E-state index contributed by atoms with van der Waals surface area (Å²) in [6.45, 7) is 2.43. The maximum Gasteiger partial charge on any atom is 0.338 e. The number of nitrogens with zero attached hydrogens (tertiary/aromatic N) is 2. The fraction of sp³-hybridized carbons (Fsp3) is 0.167. The van der Waals surface area contributed by atoms with E-state index in [0.717, 1.165) is 22.4 Å². The molecule has 6 nitrogen and oxygen atoms in total. The SMILES string of the molecule is CCC1=C(C(=O)OC)[C@@H](c2ccccc2)n2c(s/c(=C\c3ccc(OCc4ccc(I)cc4)cc3)c2=O)=N1. The Kier molecular flexibility index (Phi) is 7.90. The third-order valence-electron chi connectivity index (χ3n) is 6.26. The summed E-state index contributed by atoms with van der Waals surface area (Å²) in [6, 6.07) is 24.8. The van der Waals surface area contributed by atoms with Crippen molar-refractivity contribution in [3.05, 3.63) is 130 Å². The molecule has 5 rings (SSSR count). The number of fused-ring (bicyclic) bond motifs is 1. The average Bonchev–Trinajstić information content (AvgIpc) is 3.26. The van der Waals surface area contributed by atoms with Crippen LogP contribution >= 0.6 is 33.9 Å². The molecule has 1 aliphatic heterocycles. The molecule has 0 unspecified atom stereocenters. The minimum Gasteiger partial charge on any atom is -0.489 e. The van der Waals surface area contributed by atoms with E-state index in [9.17, 15) is 9.59 Å².